The monoisotopic (exact) mass is 164 g/mol. The van der Waals surface area contributed by atoms with Crippen molar-refractivity contribution >= 4 is 0 Å². The Morgan fingerprint density at radius 1 is 1.45 bits per heavy atom. The van der Waals surface area contributed by atoms with Crippen LogP contribution in [-0.4, -0.2) is 42.9 Å². The van der Waals surface area contributed by atoms with Crippen molar-refractivity contribution in [2.75, 3.05) is 20.8 Å². The van der Waals surface area contributed by atoms with E-state index in [0.717, 1.165) is 0 Å². The summed E-state index contributed by atoms with van der Waals surface area (Å²) in [6.45, 7) is 1.57. The van der Waals surface area contributed by atoms with E-state index in [-0.39, 0.29) is 13.0 Å². The fraction of sp³-hybridized carbons (Fsp3) is 1.00. The molecular formula is C7H16O4. The second-order valence-electron chi connectivity index (χ2n) is 2.71. The van der Waals surface area contributed by atoms with Crippen LogP contribution in [0.25, 0.3) is 0 Å². The smallest absolute Gasteiger partial charge is 0.156 e. The standard InChI is InChI=1S/C7H16O4/c1-7(5-8,11-3)4-6(9)10-2/h6,8-9H,4-5H2,1-3H3. The van der Waals surface area contributed by atoms with Gasteiger partial charge in [-0.05, 0) is 6.92 Å². The molecule has 2 unspecified atom stereocenters. The Morgan fingerprint density at radius 2 is 2.00 bits per heavy atom. The highest BCUT2D eigenvalue weighted by molar-refractivity contribution is 4.74. The minimum absolute atomic E-state index is 0.135. The van der Waals surface area contributed by atoms with E-state index in [1.165, 1.54) is 14.2 Å². The average molecular weight is 164 g/mol. The molecule has 0 aromatic heterocycles. The van der Waals surface area contributed by atoms with Gasteiger partial charge in [-0.3, -0.25) is 0 Å². The van der Waals surface area contributed by atoms with Gasteiger partial charge in [-0.2, -0.15) is 0 Å². The molecule has 0 saturated heterocycles. The SMILES string of the molecule is COC(O)CC(C)(CO)OC. The van der Waals surface area contributed by atoms with Crippen LogP contribution in [0.4, 0.5) is 0 Å². The lowest BCUT2D eigenvalue weighted by atomic mass is 10.0. The first-order chi connectivity index (χ1) is 5.08. The topological polar surface area (TPSA) is 58.9 Å². The number of rotatable bonds is 5. The first-order valence-corrected chi connectivity index (χ1v) is 3.45. The number of aliphatic hydroxyl groups excluding tert-OH is 2. The van der Waals surface area contributed by atoms with Gasteiger partial charge in [0.1, 0.15) is 0 Å². The van der Waals surface area contributed by atoms with Gasteiger partial charge in [-0.25, -0.2) is 0 Å². The van der Waals surface area contributed by atoms with Crippen LogP contribution in [-0.2, 0) is 9.47 Å². The predicted molar refractivity (Wildman–Crippen MR) is 40.1 cm³/mol. The predicted octanol–water partition coefficient (Wildman–Crippen LogP) is -0.261. The molecule has 0 fully saturated rings. The maximum Gasteiger partial charge on any atom is 0.156 e. The molecule has 0 spiro atoms. The van der Waals surface area contributed by atoms with Crippen LogP contribution < -0.4 is 0 Å². The van der Waals surface area contributed by atoms with Gasteiger partial charge in [0.15, 0.2) is 6.29 Å². The molecule has 0 rings (SSSR count). The van der Waals surface area contributed by atoms with Gasteiger partial charge in [0.05, 0.1) is 12.2 Å². The Labute approximate surface area is 66.7 Å². The zero-order valence-corrected chi connectivity index (χ0v) is 7.20. The molecule has 0 aromatic carbocycles. The molecule has 0 aliphatic rings. The molecule has 4 heteroatoms. The average Bonchev–Trinajstić information content (AvgIpc) is 2.04. The number of ether oxygens (including phenoxy) is 2. The fourth-order valence-electron chi connectivity index (χ4n) is 0.665. The zero-order chi connectivity index (χ0) is 8.91. The van der Waals surface area contributed by atoms with Crippen molar-refractivity contribution in [3.05, 3.63) is 0 Å². The Kier molecular flexibility index (Phi) is 4.60. The van der Waals surface area contributed by atoms with Gasteiger partial charge in [-0.15, -0.1) is 0 Å². The summed E-state index contributed by atoms with van der Waals surface area (Å²) in [4.78, 5) is 0. The maximum atomic E-state index is 9.04. The van der Waals surface area contributed by atoms with Crippen molar-refractivity contribution in [2.45, 2.75) is 25.2 Å². The summed E-state index contributed by atoms with van der Waals surface area (Å²) in [6, 6.07) is 0. The summed E-state index contributed by atoms with van der Waals surface area (Å²) in [5, 5.41) is 17.9. The minimum Gasteiger partial charge on any atom is -0.393 e. The number of hydrogen-bond donors (Lipinski definition) is 2. The molecule has 11 heavy (non-hydrogen) atoms. The van der Waals surface area contributed by atoms with E-state index in [1.807, 2.05) is 0 Å². The molecule has 0 saturated carbocycles. The fourth-order valence-corrected chi connectivity index (χ4v) is 0.665. The third kappa shape index (κ3) is 3.67. The minimum atomic E-state index is -0.882. The summed E-state index contributed by atoms with van der Waals surface area (Å²) in [5.41, 5.74) is -0.713. The van der Waals surface area contributed by atoms with E-state index in [2.05, 4.69) is 4.74 Å². The maximum absolute atomic E-state index is 9.04. The number of methoxy groups -OCH3 is 2. The first kappa shape index (κ1) is 10.8. The van der Waals surface area contributed by atoms with E-state index in [9.17, 15) is 0 Å². The highest BCUT2D eigenvalue weighted by Gasteiger charge is 2.26. The second kappa shape index (κ2) is 4.66. The van der Waals surface area contributed by atoms with Gasteiger partial charge < -0.3 is 19.7 Å². The lowest BCUT2D eigenvalue weighted by Crippen LogP contribution is -2.36. The summed E-state index contributed by atoms with van der Waals surface area (Å²) < 4.78 is 9.58. The molecule has 0 aliphatic carbocycles. The van der Waals surface area contributed by atoms with Crippen LogP contribution in [0.2, 0.25) is 0 Å². The normalized spacial score (nSPS) is 19.4. The largest absolute Gasteiger partial charge is 0.393 e. The number of hydrogen-bond acceptors (Lipinski definition) is 4. The van der Waals surface area contributed by atoms with Crippen LogP contribution in [0.5, 0.6) is 0 Å². The van der Waals surface area contributed by atoms with Gasteiger partial charge >= 0.3 is 0 Å². The van der Waals surface area contributed by atoms with Crippen molar-refractivity contribution in [1.29, 1.82) is 0 Å². The summed E-state index contributed by atoms with van der Waals surface area (Å²) >= 11 is 0. The highest BCUT2D eigenvalue weighted by atomic mass is 16.6. The van der Waals surface area contributed by atoms with Crippen molar-refractivity contribution in [2.24, 2.45) is 0 Å². The lowest BCUT2D eigenvalue weighted by molar-refractivity contribution is -0.140. The lowest BCUT2D eigenvalue weighted by Gasteiger charge is -2.27. The quantitative estimate of drug-likeness (QED) is 0.549. The van der Waals surface area contributed by atoms with Crippen LogP contribution in [0.3, 0.4) is 0 Å². The van der Waals surface area contributed by atoms with Gasteiger partial charge in [0.2, 0.25) is 0 Å². The molecule has 4 nitrogen and oxygen atoms in total. The molecule has 0 radical (unpaired) electrons. The van der Waals surface area contributed by atoms with Gasteiger partial charge in [-0.1, -0.05) is 0 Å². The zero-order valence-electron chi connectivity index (χ0n) is 7.20. The Bertz CT molecular complexity index is 101. The second-order valence-corrected chi connectivity index (χ2v) is 2.71. The molecule has 0 bridgehead atoms. The number of aliphatic hydroxyl groups is 2. The molecule has 0 amide bonds. The summed E-state index contributed by atoms with van der Waals surface area (Å²) in [7, 11) is 2.89. The molecule has 2 atom stereocenters. The third-order valence-electron chi connectivity index (χ3n) is 1.71. The summed E-state index contributed by atoms with van der Waals surface area (Å²) in [6.07, 6.45) is -0.622. The Morgan fingerprint density at radius 3 is 2.27 bits per heavy atom. The molecule has 2 N–H and O–H groups in total. The van der Waals surface area contributed by atoms with Crippen molar-refractivity contribution < 1.29 is 19.7 Å². The highest BCUT2D eigenvalue weighted by Crippen LogP contribution is 2.15. The van der Waals surface area contributed by atoms with E-state index >= 15 is 0 Å². The van der Waals surface area contributed by atoms with Gasteiger partial charge in [0, 0.05) is 20.6 Å². The van der Waals surface area contributed by atoms with Crippen molar-refractivity contribution in [3.8, 4) is 0 Å². The van der Waals surface area contributed by atoms with E-state index in [0.29, 0.717) is 0 Å². The van der Waals surface area contributed by atoms with E-state index in [1.54, 1.807) is 6.92 Å². The van der Waals surface area contributed by atoms with Crippen LogP contribution in [0, 0.1) is 0 Å². The van der Waals surface area contributed by atoms with Crippen LogP contribution in [0.15, 0.2) is 0 Å². The van der Waals surface area contributed by atoms with E-state index < -0.39 is 11.9 Å². The molecular weight excluding hydrogens is 148 g/mol. The third-order valence-corrected chi connectivity index (χ3v) is 1.71. The summed E-state index contributed by atoms with van der Waals surface area (Å²) in [5.74, 6) is 0. The molecule has 0 heterocycles. The molecule has 0 aromatic rings. The molecule has 0 aliphatic heterocycles. The van der Waals surface area contributed by atoms with Crippen molar-refractivity contribution in [3.63, 3.8) is 0 Å². The van der Waals surface area contributed by atoms with Crippen LogP contribution >= 0.6 is 0 Å². The Hall–Kier alpha value is -0.160. The first-order valence-electron chi connectivity index (χ1n) is 3.45. The van der Waals surface area contributed by atoms with Gasteiger partial charge in [0.25, 0.3) is 0 Å². The van der Waals surface area contributed by atoms with E-state index in [4.69, 9.17) is 14.9 Å². The Balaban J connectivity index is 3.86. The van der Waals surface area contributed by atoms with Crippen LogP contribution in [0.1, 0.15) is 13.3 Å². The molecule has 68 valence electrons. The van der Waals surface area contributed by atoms with Crippen molar-refractivity contribution in [1.82, 2.24) is 0 Å².